The van der Waals surface area contributed by atoms with E-state index in [-0.39, 0.29) is 10.8 Å². The van der Waals surface area contributed by atoms with Gasteiger partial charge in [0.05, 0.1) is 5.56 Å². The van der Waals surface area contributed by atoms with Gasteiger partial charge in [-0.25, -0.2) is 0 Å². The van der Waals surface area contributed by atoms with Gasteiger partial charge in [-0.2, -0.15) is 0 Å². The Balaban J connectivity index is 1.97. The van der Waals surface area contributed by atoms with Crippen LogP contribution < -0.4 is 14.8 Å². The molecule has 4 heteroatoms. The summed E-state index contributed by atoms with van der Waals surface area (Å²) in [5.74, 6) is 0.452. The smallest absolute Gasteiger partial charge is 0.319 e. The number of benzene rings is 3. The van der Waals surface area contributed by atoms with Gasteiger partial charge in [0.25, 0.3) is 0 Å². The first kappa shape index (κ1) is 25.1. The summed E-state index contributed by atoms with van der Waals surface area (Å²) < 4.78 is 7.22. The highest BCUT2D eigenvalue weighted by Gasteiger charge is 2.53. The van der Waals surface area contributed by atoms with Crippen molar-refractivity contribution in [3.05, 3.63) is 102 Å². The van der Waals surface area contributed by atoms with Gasteiger partial charge in [-0.15, -0.1) is 0 Å². The highest BCUT2D eigenvalue weighted by atomic mass is 28.4. The van der Waals surface area contributed by atoms with E-state index in [4.69, 9.17) is 4.43 Å². The first-order valence-electron chi connectivity index (χ1n) is 12.5. The van der Waals surface area contributed by atoms with Crippen molar-refractivity contribution in [2.75, 3.05) is 0 Å². The number of aliphatic hydroxyl groups is 1. The third kappa shape index (κ3) is 4.30. The number of carbonyl (C=O) groups is 1. The van der Waals surface area contributed by atoms with Gasteiger partial charge in [0.1, 0.15) is 11.4 Å². The topological polar surface area (TPSA) is 46.5 Å². The van der Waals surface area contributed by atoms with Crippen LogP contribution >= 0.6 is 0 Å². The molecular weight excluding hydrogens is 448 g/mol. The van der Waals surface area contributed by atoms with E-state index in [0.717, 1.165) is 23.2 Å². The number of rotatable bonds is 7. The fourth-order valence-corrected chi connectivity index (χ4v) is 9.83. The van der Waals surface area contributed by atoms with E-state index in [0.29, 0.717) is 28.9 Å². The quantitative estimate of drug-likeness (QED) is 0.409. The van der Waals surface area contributed by atoms with E-state index in [9.17, 15) is 9.90 Å². The largest absolute Gasteiger partial charge is 0.533 e. The SMILES string of the molecule is CCCCC1(O)C(C)=CC(=O)c2c(O[Si](c3ccccc3)(c3ccccc3)C(C)(C)C)cccc21. The van der Waals surface area contributed by atoms with E-state index in [1.807, 2.05) is 37.3 Å². The van der Waals surface area contributed by atoms with Crippen LogP contribution in [0.4, 0.5) is 0 Å². The van der Waals surface area contributed by atoms with Gasteiger partial charge in [-0.05, 0) is 46.5 Å². The molecule has 0 radical (unpaired) electrons. The first-order valence-corrected chi connectivity index (χ1v) is 14.4. The molecule has 1 aliphatic rings. The van der Waals surface area contributed by atoms with Gasteiger partial charge in [-0.3, -0.25) is 4.79 Å². The monoisotopic (exact) mass is 484 g/mol. The Morgan fingerprint density at radius 2 is 1.46 bits per heavy atom. The van der Waals surface area contributed by atoms with Crippen molar-refractivity contribution in [1.82, 2.24) is 0 Å². The average Bonchev–Trinajstić information content (AvgIpc) is 2.85. The van der Waals surface area contributed by atoms with Gasteiger partial charge in [-0.1, -0.05) is 113 Å². The summed E-state index contributed by atoms with van der Waals surface area (Å²) in [6, 6.07) is 26.5. The van der Waals surface area contributed by atoms with E-state index in [1.165, 1.54) is 0 Å². The number of hydrogen-bond acceptors (Lipinski definition) is 3. The number of carbonyl (C=O) groups excluding carboxylic acids is 1. The molecule has 0 fully saturated rings. The second-order valence-electron chi connectivity index (χ2n) is 10.6. The summed E-state index contributed by atoms with van der Waals surface area (Å²) in [6.45, 7) is 10.6. The third-order valence-corrected chi connectivity index (χ3v) is 12.2. The third-order valence-electron chi connectivity index (χ3n) is 7.29. The normalized spacial score (nSPS) is 18.1. The summed E-state index contributed by atoms with van der Waals surface area (Å²) in [5, 5.41) is 13.8. The van der Waals surface area contributed by atoms with Crippen LogP contribution in [-0.2, 0) is 5.60 Å². The highest BCUT2D eigenvalue weighted by molar-refractivity contribution is 7.00. The van der Waals surface area contributed by atoms with Crippen LogP contribution in [0.25, 0.3) is 0 Å². The van der Waals surface area contributed by atoms with Gasteiger partial charge in [0.15, 0.2) is 5.78 Å². The summed E-state index contributed by atoms with van der Waals surface area (Å²) in [5.41, 5.74) is 0.687. The Morgan fingerprint density at radius 1 is 0.886 bits per heavy atom. The average molecular weight is 485 g/mol. The van der Waals surface area contributed by atoms with Crippen molar-refractivity contribution in [1.29, 1.82) is 0 Å². The molecule has 1 N–H and O–H groups in total. The second kappa shape index (κ2) is 9.60. The highest BCUT2D eigenvalue weighted by Crippen LogP contribution is 2.45. The molecule has 0 saturated carbocycles. The lowest BCUT2D eigenvalue weighted by Gasteiger charge is -2.44. The number of unbranched alkanes of at least 4 members (excludes halogenated alkanes) is 1. The van der Waals surface area contributed by atoms with Crippen LogP contribution in [0.5, 0.6) is 5.75 Å². The molecule has 1 unspecified atom stereocenters. The Kier molecular flexibility index (Phi) is 6.89. The summed E-state index contributed by atoms with van der Waals surface area (Å²) in [7, 11) is -2.92. The Labute approximate surface area is 210 Å². The van der Waals surface area contributed by atoms with E-state index >= 15 is 0 Å². The molecule has 3 aromatic rings. The van der Waals surface area contributed by atoms with Crippen LogP contribution in [0.1, 0.15) is 69.8 Å². The van der Waals surface area contributed by atoms with E-state index in [1.54, 1.807) is 6.08 Å². The Hall–Kier alpha value is -2.95. The van der Waals surface area contributed by atoms with Crippen molar-refractivity contribution < 1.29 is 14.3 Å². The van der Waals surface area contributed by atoms with Crippen molar-refractivity contribution in [2.24, 2.45) is 0 Å². The van der Waals surface area contributed by atoms with Crippen molar-refractivity contribution in [3.63, 3.8) is 0 Å². The summed E-state index contributed by atoms with van der Waals surface area (Å²) in [4.78, 5) is 13.4. The second-order valence-corrected chi connectivity index (χ2v) is 14.8. The molecule has 1 aliphatic carbocycles. The maximum Gasteiger partial charge on any atom is 0.319 e. The molecule has 3 aromatic carbocycles. The molecule has 0 spiro atoms. The fourth-order valence-electron chi connectivity index (χ4n) is 5.39. The van der Waals surface area contributed by atoms with Crippen LogP contribution in [0.2, 0.25) is 5.04 Å². The van der Waals surface area contributed by atoms with Gasteiger partial charge >= 0.3 is 8.32 Å². The molecule has 0 aromatic heterocycles. The van der Waals surface area contributed by atoms with Crippen molar-refractivity contribution >= 4 is 24.5 Å². The van der Waals surface area contributed by atoms with Gasteiger partial charge < -0.3 is 9.53 Å². The molecule has 1 atom stereocenters. The van der Waals surface area contributed by atoms with Gasteiger partial charge in [0, 0.05) is 5.56 Å². The fraction of sp³-hybridized carbons (Fsp3) is 0.323. The van der Waals surface area contributed by atoms with Crippen LogP contribution in [0.15, 0.2) is 90.5 Å². The molecule has 0 heterocycles. The van der Waals surface area contributed by atoms with E-state index < -0.39 is 13.9 Å². The first-order chi connectivity index (χ1) is 16.6. The molecule has 182 valence electrons. The zero-order valence-electron chi connectivity index (χ0n) is 21.5. The summed E-state index contributed by atoms with van der Waals surface area (Å²) >= 11 is 0. The molecule has 35 heavy (non-hydrogen) atoms. The maximum atomic E-state index is 13.4. The number of allylic oxidation sites excluding steroid dienone is 1. The zero-order valence-corrected chi connectivity index (χ0v) is 22.5. The molecule has 3 nitrogen and oxygen atoms in total. The predicted octanol–water partition coefficient (Wildman–Crippen LogP) is 6.15. The maximum absolute atomic E-state index is 13.4. The molecule has 0 saturated heterocycles. The lowest BCUT2D eigenvalue weighted by atomic mass is 9.75. The number of hydrogen-bond donors (Lipinski definition) is 1. The van der Waals surface area contributed by atoms with Crippen LogP contribution in [-0.4, -0.2) is 19.2 Å². The standard InChI is InChI=1S/C31H36O3Si/c1-6-7-21-31(33)23(2)22-27(32)29-26(31)19-14-20-28(29)34-35(30(3,4)5,24-15-10-8-11-16-24)25-17-12-9-13-18-25/h8-20,22,33H,6-7,21H2,1-5H3. The minimum Gasteiger partial charge on any atom is -0.533 e. The Morgan fingerprint density at radius 3 is 1.97 bits per heavy atom. The predicted molar refractivity (Wildman–Crippen MR) is 146 cm³/mol. The molecule has 0 aliphatic heterocycles. The lowest BCUT2D eigenvalue weighted by Crippen LogP contribution is -2.69. The number of fused-ring (bicyclic) bond motifs is 1. The molecule has 4 rings (SSSR count). The van der Waals surface area contributed by atoms with Crippen LogP contribution in [0.3, 0.4) is 0 Å². The van der Waals surface area contributed by atoms with Crippen molar-refractivity contribution in [3.8, 4) is 5.75 Å². The number of ketones is 1. The molecule has 0 bridgehead atoms. The van der Waals surface area contributed by atoms with Crippen LogP contribution in [0, 0.1) is 0 Å². The molecular formula is C31H36O3Si. The summed E-state index contributed by atoms with van der Waals surface area (Å²) in [6.07, 6.45) is 4.01. The minimum absolute atomic E-state index is 0.104. The van der Waals surface area contributed by atoms with Crippen molar-refractivity contribution in [2.45, 2.75) is 64.5 Å². The minimum atomic E-state index is -2.92. The Bertz CT molecular complexity index is 1190. The van der Waals surface area contributed by atoms with Gasteiger partial charge in [0.2, 0.25) is 0 Å². The van der Waals surface area contributed by atoms with E-state index in [2.05, 4.69) is 76.2 Å². The lowest BCUT2D eigenvalue weighted by molar-refractivity contribution is 0.0586. The molecule has 0 amide bonds. The zero-order chi connectivity index (χ0) is 25.3.